The highest BCUT2D eigenvalue weighted by atomic mass is 16.6. The maximum Gasteiger partial charge on any atom is 0.273 e. The molecule has 122 valence electrons. The third-order valence-electron chi connectivity index (χ3n) is 3.76. The number of hydrogen-bond donors (Lipinski definition) is 1. The summed E-state index contributed by atoms with van der Waals surface area (Å²) in [5, 5.41) is 13.0. The Morgan fingerprint density at radius 2 is 1.67 bits per heavy atom. The average molecular weight is 326 g/mol. The van der Waals surface area contributed by atoms with Crippen LogP contribution in [0.1, 0.15) is 24.3 Å². The summed E-state index contributed by atoms with van der Waals surface area (Å²) in [5.41, 5.74) is 0.834. The molecule has 1 aliphatic heterocycles. The molecule has 0 aliphatic carbocycles. The van der Waals surface area contributed by atoms with E-state index in [0.717, 1.165) is 5.56 Å². The zero-order valence-electron chi connectivity index (χ0n) is 12.6. The van der Waals surface area contributed by atoms with Gasteiger partial charge in [-0.05, 0) is 23.8 Å². The minimum Gasteiger partial charge on any atom is -0.457 e. The molecule has 1 N–H and O–H groups in total. The van der Waals surface area contributed by atoms with Crippen LogP contribution < -0.4 is 10.1 Å². The van der Waals surface area contributed by atoms with Crippen molar-refractivity contribution < 1.29 is 19.2 Å². The molecule has 0 aromatic heterocycles. The molecule has 2 aromatic carbocycles. The van der Waals surface area contributed by atoms with Gasteiger partial charge in [0.1, 0.15) is 11.5 Å². The first-order valence-corrected chi connectivity index (χ1v) is 7.36. The number of rotatable bonds is 4. The second-order valence-electron chi connectivity index (χ2n) is 5.50. The lowest BCUT2D eigenvalue weighted by molar-refractivity contribution is -0.384. The second-order valence-corrected chi connectivity index (χ2v) is 5.50. The van der Waals surface area contributed by atoms with E-state index in [0.29, 0.717) is 11.5 Å². The predicted octanol–water partition coefficient (Wildman–Crippen LogP) is 2.91. The Kier molecular flexibility index (Phi) is 4.24. The van der Waals surface area contributed by atoms with Gasteiger partial charge in [-0.15, -0.1) is 0 Å². The first kappa shape index (κ1) is 15.7. The van der Waals surface area contributed by atoms with Crippen molar-refractivity contribution >= 4 is 17.5 Å². The minimum absolute atomic E-state index is 0.0455. The van der Waals surface area contributed by atoms with E-state index >= 15 is 0 Å². The van der Waals surface area contributed by atoms with Gasteiger partial charge in [-0.2, -0.15) is 0 Å². The first-order chi connectivity index (χ1) is 11.5. The van der Waals surface area contributed by atoms with E-state index in [1.54, 1.807) is 36.4 Å². The number of nitro benzene ring substituents is 1. The maximum atomic E-state index is 11.4. The lowest BCUT2D eigenvalue weighted by atomic mass is 9.89. The Morgan fingerprint density at radius 3 is 2.29 bits per heavy atom. The molecule has 0 unspecified atom stereocenters. The summed E-state index contributed by atoms with van der Waals surface area (Å²) in [6.45, 7) is 0. The second kappa shape index (κ2) is 6.49. The molecule has 2 aromatic rings. The number of carbonyl (C=O) groups is 2. The molecule has 2 amide bonds. The number of imide groups is 1. The molecule has 1 fully saturated rings. The van der Waals surface area contributed by atoms with Gasteiger partial charge in [0.15, 0.2) is 0 Å². The van der Waals surface area contributed by atoms with Crippen LogP contribution in [0.5, 0.6) is 11.5 Å². The van der Waals surface area contributed by atoms with Crippen LogP contribution in [-0.2, 0) is 9.59 Å². The number of ether oxygens (including phenoxy) is 1. The smallest absolute Gasteiger partial charge is 0.273 e. The van der Waals surface area contributed by atoms with Crippen molar-refractivity contribution in [1.29, 1.82) is 0 Å². The summed E-state index contributed by atoms with van der Waals surface area (Å²) in [7, 11) is 0. The van der Waals surface area contributed by atoms with Gasteiger partial charge in [0.25, 0.3) is 5.69 Å². The van der Waals surface area contributed by atoms with Gasteiger partial charge in [-0.25, -0.2) is 0 Å². The molecule has 24 heavy (non-hydrogen) atoms. The average Bonchev–Trinajstić information content (AvgIpc) is 2.55. The van der Waals surface area contributed by atoms with Crippen LogP contribution in [0.25, 0.3) is 0 Å². The van der Waals surface area contributed by atoms with E-state index in [1.165, 1.54) is 12.1 Å². The zero-order chi connectivity index (χ0) is 17.1. The van der Waals surface area contributed by atoms with Crippen LogP contribution >= 0.6 is 0 Å². The molecule has 0 radical (unpaired) electrons. The molecule has 1 saturated heterocycles. The quantitative estimate of drug-likeness (QED) is 0.529. The van der Waals surface area contributed by atoms with Crippen LogP contribution in [0, 0.1) is 10.1 Å². The van der Waals surface area contributed by atoms with E-state index in [-0.39, 0.29) is 36.3 Å². The molecule has 0 atom stereocenters. The van der Waals surface area contributed by atoms with Gasteiger partial charge in [0.05, 0.1) is 11.0 Å². The van der Waals surface area contributed by atoms with Crippen molar-refractivity contribution in [2.45, 2.75) is 18.8 Å². The van der Waals surface area contributed by atoms with E-state index < -0.39 is 4.92 Å². The number of amides is 2. The summed E-state index contributed by atoms with van der Waals surface area (Å²) < 4.78 is 5.60. The Labute approximate surface area is 137 Å². The molecule has 0 bridgehead atoms. The third kappa shape index (κ3) is 3.57. The number of piperidine rings is 1. The maximum absolute atomic E-state index is 11.4. The Morgan fingerprint density at radius 1 is 1.00 bits per heavy atom. The summed E-state index contributed by atoms with van der Waals surface area (Å²) in [6.07, 6.45) is 0.549. The van der Waals surface area contributed by atoms with Crippen molar-refractivity contribution in [3.8, 4) is 11.5 Å². The minimum atomic E-state index is -0.485. The summed E-state index contributed by atoms with van der Waals surface area (Å²) in [4.78, 5) is 33.2. The number of nitrogens with one attached hydrogen (secondary N) is 1. The number of hydrogen-bond acceptors (Lipinski definition) is 5. The molecule has 1 aliphatic rings. The standard InChI is InChI=1S/C17H14N2O5/c20-16-8-12(9-17(21)18-16)11-4-6-14(7-5-11)24-15-3-1-2-13(10-15)19(22)23/h1-7,10,12H,8-9H2,(H,18,20,21). The van der Waals surface area contributed by atoms with Crippen molar-refractivity contribution in [3.05, 3.63) is 64.2 Å². The number of carbonyl (C=O) groups excluding carboxylic acids is 2. The fourth-order valence-electron chi connectivity index (χ4n) is 2.62. The topological polar surface area (TPSA) is 98.5 Å². The molecular weight excluding hydrogens is 312 g/mol. The monoisotopic (exact) mass is 326 g/mol. The lowest BCUT2D eigenvalue weighted by Gasteiger charge is -2.21. The van der Waals surface area contributed by atoms with E-state index in [1.807, 2.05) is 0 Å². The molecule has 3 rings (SSSR count). The predicted molar refractivity (Wildman–Crippen MR) is 84.7 cm³/mol. The lowest BCUT2D eigenvalue weighted by Crippen LogP contribution is -2.37. The Balaban J connectivity index is 1.73. The highest BCUT2D eigenvalue weighted by molar-refractivity contribution is 5.98. The fraction of sp³-hybridized carbons (Fsp3) is 0.176. The largest absolute Gasteiger partial charge is 0.457 e. The van der Waals surface area contributed by atoms with Crippen LogP contribution in [-0.4, -0.2) is 16.7 Å². The van der Waals surface area contributed by atoms with Crippen molar-refractivity contribution in [2.75, 3.05) is 0 Å². The fourth-order valence-corrected chi connectivity index (χ4v) is 2.62. The van der Waals surface area contributed by atoms with Crippen LogP contribution in [0.4, 0.5) is 5.69 Å². The Bertz CT molecular complexity index is 785. The van der Waals surface area contributed by atoms with Gasteiger partial charge in [0, 0.05) is 24.8 Å². The van der Waals surface area contributed by atoms with E-state index in [4.69, 9.17) is 4.74 Å². The van der Waals surface area contributed by atoms with Crippen LogP contribution in [0.2, 0.25) is 0 Å². The highest BCUT2D eigenvalue weighted by Crippen LogP contribution is 2.30. The van der Waals surface area contributed by atoms with E-state index in [2.05, 4.69) is 5.32 Å². The highest BCUT2D eigenvalue weighted by Gasteiger charge is 2.25. The molecule has 0 saturated carbocycles. The van der Waals surface area contributed by atoms with Crippen molar-refractivity contribution in [2.24, 2.45) is 0 Å². The Hall–Kier alpha value is -3.22. The molecule has 7 nitrogen and oxygen atoms in total. The summed E-state index contributed by atoms with van der Waals surface area (Å²) in [6, 6.07) is 12.9. The van der Waals surface area contributed by atoms with Crippen molar-refractivity contribution in [1.82, 2.24) is 5.32 Å². The van der Waals surface area contributed by atoms with E-state index in [9.17, 15) is 19.7 Å². The molecule has 7 heteroatoms. The van der Waals surface area contributed by atoms with Gasteiger partial charge in [0.2, 0.25) is 11.8 Å². The van der Waals surface area contributed by atoms with Crippen LogP contribution in [0.15, 0.2) is 48.5 Å². The first-order valence-electron chi connectivity index (χ1n) is 7.36. The molecular formula is C17H14N2O5. The van der Waals surface area contributed by atoms with Crippen molar-refractivity contribution in [3.63, 3.8) is 0 Å². The van der Waals surface area contributed by atoms with Gasteiger partial charge in [-0.1, -0.05) is 18.2 Å². The molecule has 1 heterocycles. The van der Waals surface area contributed by atoms with Gasteiger partial charge >= 0.3 is 0 Å². The van der Waals surface area contributed by atoms with Crippen LogP contribution in [0.3, 0.4) is 0 Å². The normalized spacial score (nSPS) is 15.0. The third-order valence-corrected chi connectivity index (χ3v) is 3.76. The number of nitro groups is 1. The summed E-state index contributed by atoms with van der Waals surface area (Å²) >= 11 is 0. The zero-order valence-corrected chi connectivity index (χ0v) is 12.6. The number of benzene rings is 2. The van der Waals surface area contributed by atoms with Gasteiger partial charge in [-0.3, -0.25) is 25.0 Å². The number of non-ortho nitro benzene ring substituents is 1. The SMILES string of the molecule is O=C1CC(c2ccc(Oc3cccc([N+](=O)[O-])c3)cc2)CC(=O)N1. The molecule has 0 spiro atoms. The summed E-state index contributed by atoms with van der Waals surface area (Å²) in [5.74, 6) is 0.203. The van der Waals surface area contributed by atoms with Gasteiger partial charge < -0.3 is 4.74 Å². The number of nitrogens with zero attached hydrogens (tertiary/aromatic N) is 1.